The van der Waals surface area contributed by atoms with Gasteiger partial charge in [0.25, 0.3) is 0 Å². The number of fused-ring (bicyclic) bond motifs is 2. The number of rotatable bonds is 5. The van der Waals surface area contributed by atoms with E-state index in [1.165, 1.54) is 0 Å². The van der Waals surface area contributed by atoms with Gasteiger partial charge in [-0.15, -0.1) is 0 Å². The number of nitrogens with one attached hydrogen (secondary N) is 4. The molecule has 0 spiro atoms. The van der Waals surface area contributed by atoms with Crippen LogP contribution in [0.3, 0.4) is 0 Å². The summed E-state index contributed by atoms with van der Waals surface area (Å²) < 4.78 is 5.37. The molecule has 1 aromatic heterocycles. The van der Waals surface area contributed by atoms with Crippen molar-refractivity contribution < 1.29 is 18.8 Å². The number of aldehydes is 1. The van der Waals surface area contributed by atoms with Crippen LogP contribution in [0.5, 0.6) is 0 Å². The number of anilines is 3. The lowest BCUT2D eigenvalue weighted by Gasteiger charge is -2.33. The Morgan fingerprint density at radius 2 is 1.90 bits per heavy atom. The molecule has 158 valence electrons. The number of carbonyl (C=O) groups is 3. The van der Waals surface area contributed by atoms with E-state index in [0.717, 1.165) is 23.1 Å². The highest BCUT2D eigenvalue weighted by atomic mass is 16.3. The minimum absolute atomic E-state index is 0.0655. The number of hydrogen-bond donors (Lipinski definition) is 4. The highest BCUT2D eigenvalue weighted by molar-refractivity contribution is 6.03. The lowest BCUT2D eigenvalue weighted by Crippen LogP contribution is -2.56. The van der Waals surface area contributed by atoms with Gasteiger partial charge >= 0.3 is 0 Å². The Hall–Kier alpha value is -3.65. The van der Waals surface area contributed by atoms with E-state index in [2.05, 4.69) is 21.3 Å². The SMILES string of the molecule is CC1C[C@@H](C(=O)Nc2cccc3c2NC(C(=O)Nc2ccc4oc(C=O)cc4c2)C3)N1. The van der Waals surface area contributed by atoms with Crippen LogP contribution in [0.25, 0.3) is 11.0 Å². The fraction of sp³-hybridized carbons (Fsp3) is 0.261. The summed E-state index contributed by atoms with van der Waals surface area (Å²) in [4.78, 5) is 36.2. The Labute approximate surface area is 178 Å². The second-order valence-electron chi connectivity index (χ2n) is 8.09. The Bertz CT molecular complexity index is 1200. The predicted molar refractivity (Wildman–Crippen MR) is 117 cm³/mol. The number of hydrogen-bond acceptors (Lipinski definition) is 6. The second kappa shape index (κ2) is 7.55. The summed E-state index contributed by atoms with van der Waals surface area (Å²) in [5.74, 6) is -0.00162. The molecule has 3 aromatic rings. The molecule has 2 aromatic carbocycles. The Morgan fingerprint density at radius 3 is 2.68 bits per heavy atom. The number of carbonyl (C=O) groups excluding carboxylic acids is 3. The van der Waals surface area contributed by atoms with Crippen LogP contribution in [-0.4, -0.2) is 36.2 Å². The number of amides is 2. The van der Waals surface area contributed by atoms with Gasteiger partial charge in [-0.1, -0.05) is 12.1 Å². The normalized spacial score (nSPS) is 21.6. The molecular formula is C23H22N4O4. The standard InChI is InChI=1S/C23H22N4O4/c1-12-7-18(24-12)23(30)27-17-4-2-3-13-10-19(26-21(13)17)22(29)25-15-5-6-20-14(8-15)9-16(11-28)31-20/h2-6,8-9,11-12,18-19,24,26H,7,10H2,1H3,(H,25,29)(H,27,30)/t12?,18-,19?/m0/s1. The van der Waals surface area contributed by atoms with E-state index < -0.39 is 6.04 Å². The van der Waals surface area contributed by atoms with E-state index in [0.29, 0.717) is 35.7 Å². The third-order valence-electron chi connectivity index (χ3n) is 5.78. The lowest BCUT2D eigenvalue weighted by atomic mass is 9.98. The van der Waals surface area contributed by atoms with Gasteiger partial charge < -0.3 is 25.7 Å². The first kappa shape index (κ1) is 19.3. The summed E-state index contributed by atoms with van der Waals surface area (Å²) in [7, 11) is 0. The summed E-state index contributed by atoms with van der Waals surface area (Å²) >= 11 is 0. The monoisotopic (exact) mass is 418 g/mol. The molecular weight excluding hydrogens is 396 g/mol. The van der Waals surface area contributed by atoms with Gasteiger partial charge in [-0.25, -0.2) is 0 Å². The fourth-order valence-corrected chi connectivity index (χ4v) is 4.15. The minimum Gasteiger partial charge on any atom is -0.453 e. The van der Waals surface area contributed by atoms with E-state index in [9.17, 15) is 14.4 Å². The van der Waals surface area contributed by atoms with E-state index in [-0.39, 0.29) is 23.6 Å². The first-order chi connectivity index (χ1) is 15.0. The van der Waals surface area contributed by atoms with Crippen LogP contribution in [0.2, 0.25) is 0 Å². The molecule has 2 amide bonds. The van der Waals surface area contributed by atoms with Gasteiger partial charge in [-0.2, -0.15) is 0 Å². The van der Waals surface area contributed by atoms with Crippen LogP contribution in [0, 0.1) is 0 Å². The maximum Gasteiger partial charge on any atom is 0.247 e. The van der Waals surface area contributed by atoms with Crippen molar-refractivity contribution in [3.8, 4) is 0 Å². The van der Waals surface area contributed by atoms with Gasteiger partial charge in [-0.3, -0.25) is 14.4 Å². The first-order valence-electron chi connectivity index (χ1n) is 10.2. The summed E-state index contributed by atoms with van der Waals surface area (Å²) in [6, 6.07) is 12.2. The molecule has 0 aliphatic carbocycles. The molecule has 5 rings (SSSR count). The second-order valence-corrected chi connectivity index (χ2v) is 8.09. The molecule has 3 atom stereocenters. The largest absolute Gasteiger partial charge is 0.453 e. The molecule has 1 saturated heterocycles. The van der Waals surface area contributed by atoms with Gasteiger partial charge in [0.15, 0.2) is 12.0 Å². The highest BCUT2D eigenvalue weighted by Crippen LogP contribution is 2.34. The van der Waals surface area contributed by atoms with Crippen molar-refractivity contribution in [1.29, 1.82) is 0 Å². The molecule has 2 unspecified atom stereocenters. The van der Waals surface area contributed by atoms with E-state index >= 15 is 0 Å². The lowest BCUT2D eigenvalue weighted by molar-refractivity contribution is -0.120. The highest BCUT2D eigenvalue weighted by Gasteiger charge is 2.33. The molecule has 0 bridgehead atoms. The molecule has 1 fully saturated rings. The van der Waals surface area contributed by atoms with E-state index in [1.54, 1.807) is 24.3 Å². The molecule has 0 radical (unpaired) electrons. The van der Waals surface area contributed by atoms with Gasteiger partial charge in [0.05, 0.1) is 17.4 Å². The van der Waals surface area contributed by atoms with Crippen molar-refractivity contribution in [2.45, 2.75) is 37.9 Å². The van der Waals surface area contributed by atoms with Crippen molar-refractivity contribution in [3.63, 3.8) is 0 Å². The summed E-state index contributed by atoms with van der Waals surface area (Å²) in [5, 5.41) is 13.1. The topological polar surface area (TPSA) is 112 Å². The molecule has 31 heavy (non-hydrogen) atoms. The average molecular weight is 418 g/mol. The van der Waals surface area contributed by atoms with Crippen molar-refractivity contribution in [2.75, 3.05) is 16.0 Å². The zero-order valence-corrected chi connectivity index (χ0v) is 16.9. The van der Waals surface area contributed by atoms with Gasteiger partial charge in [0.1, 0.15) is 11.6 Å². The zero-order chi connectivity index (χ0) is 21.5. The Kier molecular flexibility index (Phi) is 4.71. The zero-order valence-electron chi connectivity index (χ0n) is 16.9. The van der Waals surface area contributed by atoms with Crippen LogP contribution in [-0.2, 0) is 16.0 Å². The van der Waals surface area contributed by atoms with Gasteiger partial charge in [-0.05, 0) is 49.2 Å². The summed E-state index contributed by atoms with van der Waals surface area (Å²) in [6.07, 6.45) is 1.98. The van der Waals surface area contributed by atoms with Crippen molar-refractivity contribution >= 4 is 46.1 Å². The van der Waals surface area contributed by atoms with Crippen LogP contribution < -0.4 is 21.3 Å². The third-order valence-corrected chi connectivity index (χ3v) is 5.78. The van der Waals surface area contributed by atoms with Crippen LogP contribution in [0.1, 0.15) is 29.5 Å². The fourth-order valence-electron chi connectivity index (χ4n) is 4.15. The van der Waals surface area contributed by atoms with Crippen LogP contribution in [0.4, 0.5) is 17.1 Å². The summed E-state index contributed by atoms with van der Waals surface area (Å²) in [6.45, 7) is 2.04. The maximum absolute atomic E-state index is 12.9. The van der Waals surface area contributed by atoms with Crippen LogP contribution in [0.15, 0.2) is 46.9 Å². The van der Waals surface area contributed by atoms with Gasteiger partial charge in [0.2, 0.25) is 11.8 Å². The molecule has 8 heteroatoms. The molecule has 0 saturated carbocycles. The Morgan fingerprint density at radius 1 is 1.10 bits per heavy atom. The minimum atomic E-state index is -0.458. The number of benzene rings is 2. The van der Waals surface area contributed by atoms with E-state index in [4.69, 9.17) is 4.42 Å². The Balaban J connectivity index is 1.27. The summed E-state index contributed by atoms with van der Waals surface area (Å²) in [5.41, 5.74) is 3.65. The molecule has 2 aliphatic rings. The molecule has 8 nitrogen and oxygen atoms in total. The van der Waals surface area contributed by atoms with Crippen molar-refractivity contribution in [1.82, 2.24) is 5.32 Å². The van der Waals surface area contributed by atoms with Crippen molar-refractivity contribution in [2.24, 2.45) is 0 Å². The molecule has 2 aliphatic heterocycles. The molecule has 4 N–H and O–H groups in total. The smallest absolute Gasteiger partial charge is 0.247 e. The molecule has 3 heterocycles. The quantitative estimate of drug-likeness (QED) is 0.474. The first-order valence-corrected chi connectivity index (χ1v) is 10.2. The van der Waals surface area contributed by atoms with E-state index in [1.807, 2.05) is 25.1 Å². The maximum atomic E-state index is 12.9. The third kappa shape index (κ3) is 3.66. The average Bonchev–Trinajstić information content (AvgIpc) is 3.35. The number of para-hydroxylation sites is 1. The van der Waals surface area contributed by atoms with Crippen molar-refractivity contribution in [3.05, 3.63) is 53.8 Å². The van der Waals surface area contributed by atoms with Gasteiger partial charge in [0, 0.05) is 23.5 Å². The number of furan rings is 1. The predicted octanol–water partition coefficient (Wildman–Crippen LogP) is 2.91. The van der Waals surface area contributed by atoms with Crippen LogP contribution >= 0.6 is 0 Å².